The molecule has 2 N–H and O–H groups in total. The summed E-state index contributed by atoms with van der Waals surface area (Å²) in [4.78, 5) is 18.4. The van der Waals surface area contributed by atoms with Crippen LogP contribution in [0.5, 0.6) is 11.5 Å². The van der Waals surface area contributed by atoms with Gasteiger partial charge in [0.2, 0.25) is 5.91 Å². The maximum Gasteiger partial charge on any atom is 0.241 e. The van der Waals surface area contributed by atoms with Gasteiger partial charge in [-0.25, -0.2) is 4.99 Å². The van der Waals surface area contributed by atoms with E-state index in [2.05, 4.69) is 34.9 Å². The third-order valence-electron chi connectivity index (χ3n) is 5.50. The highest BCUT2D eigenvalue weighted by atomic mass is 127. The molecule has 174 valence electrons. The smallest absolute Gasteiger partial charge is 0.241 e. The highest BCUT2D eigenvalue weighted by Gasteiger charge is 2.19. The van der Waals surface area contributed by atoms with E-state index in [1.54, 1.807) is 33.2 Å². The predicted octanol–water partition coefficient (Wildman–Crippen LogP) is 3.00. The van der Waals surface area contributed by atoms with Crippen molar-refractivity contribution in [2.24, 2.45) is 4.99 Å². The molecule has 0 aromatic heterocycles. The van der Waals surface area contributed by atoms with Gasteiger partial charge in [-0.05, 0) is 42.5 Å². The summed E-state index contributed by atoms with van der Waals surface area (Å²) in [6.07, 6.45) is 2.99. The average Bonchev–Trinajstić information content (AvgIpc) is 2.80. The van der Waals surface area contributed by atoms with E-state index in [1.165, 1.54) is 11.1 Å². The third kappa shape index (κ3) is 7.01. The number of carbonyl (C=O) groups excluding carboxylic acids is 1. The Morgan fingerprint density at radius 3 is 2.56 bits per heavy atom. The number of fused-ring (bicyclic) bond motifs is 1. The number of hydrogen-bond donors (Lipinski definition) is 2. The van der Waals surface area contributed by atoms with E-state index in [9.17, 15) is 4.79 Å². The second-order valence-corrected chi connectivity index (χ2v) is 7.84. The molecule has 8 heteroatoms. The molecular formula is C24H33IN4O3. The molecule has 0 saturated carbocycles. The van der Waals surface area contributed by atoms with Crippen molar-refractivity contribution in [2.75, 3.05) is 34.9 Å². The SMILES string of the molecule is COc1ccc(CN=C(NCC(=O)N(C)C)NC2CCc3ccccc3C2)c(OC)c1.I. The Hall–Kier alpha value is -2.49. The number of rotatable bonds is 7. The molecule has 3 rings (SSSR count). The molecule has 1 atom stereocenters. The molecule has 2 aromatic rings. The minimum atomic E-state index is -0.00878. The first-order valence-electron chi connectivity index (χ1n) is 10.5. The Kier molecular flexibility index (Phi) is 10.1. The van der Waals surface area contributed by atoms with Crippen molar-refractivity contribution in [3.63, 3.8) is 0 Å². The first-order valence-corrected chi connectivity index (χ1v) is 10.5. The van der Waals surface area contributed by atoms with Crippen LogP contribution in [0.15, 0.2) is 47.5 Å². The molecule has 0 spiro atoms. The number of guanidine groups is 1. The van der Waals surface area contributed by atoms with E-state index in [4.69, 9.17) is 14.5 Å². The largest absolute Gasteiger partial charge is 0.497 e. The van der Waals surface area contributed by atoms with Crippen molar-refractivity contribution in [3.05, 3.63) is 59.2 Å². The van der Waals surface area contributed by atoms with Crippen molar-refractivity contribution < 1.29 is 14.3 Å². The number of nitrogens with one attached hydrogen (secondary N) is 2. The van der Waals surface area contributed by atoms with Gasteiger partial charge in [0.15, 0.2) is 5.96 Å². The molecular weight excluding hydrogens is 519 g/mol. The number of benzene rings is 2. The summed E-state index contributed by atoms with van der Waals surface area (Å²) in [7, 11) is 6.75. The molecule has 7 nitrogen and oxygen atoms in total. The Labute approximate surface area is 207 Å². The number of methoxy groups -OCH3 is 2. The lowest BCUT2D eigenvalue weighted by Gasteiger charge is -2.27. The summed E-state index contributed by atoms with van der Waals surface area (Å²) in [5.74, 6) is 2.07. The molecule has 1 aliphatic rings. The van der Waals surface area contributed by atoms with Gasteiger partial charge in [-0.3, -0.25) is 4.79 Å². The van der Waals surface area contributed by atoms with Crippen LogP contribution in [0.25, 0.3) is 0 Å². The Morgan fingerprint density at radius 1 is 1.12 bits per heavy atom. The van der Waals surface area contributed by atoms with E-state index < -0.39 is 0 Å². The van der Waals surface area contributed by atoms with Crippen LogP contribution in [-0.2, 0) is 24.2 Å². The van der Waals surface area contributed by atoms with Gasteiger partial charge in [0.25, 0.3) is 0 Å². The quantitative estimate of drug-likeness (QED) is 0.314. The van der Waals surface area contributed by atoms with E-state index >= 15 is 0 Å². The number of ether oxygens (including phenoxy) is 2. The standard InChI is InChI=1S/C24H32N4O3.HI/c1-28(2)23(29)16-26-24(25-15-19-10-12-21(30-3)14-22(19)31-4)27-20-11-9-17-7-5-6-8-18(17)13-20;/h5-8,10,12,14,20H,9,11,13,15-16H2,1-4H3,(H2,25,26,27);1H. The zero-order valence-corrected chi connectivity index (χ0v) is 21.5. The highest BCUT2D eigenvalue weighted by molar-refractivity contribution is 14.0. The van der Waals surface area contributed by atoms with Crippen LogP contribution >= 0.6 is 24.0 Å². The Balaban J connectivity index is 0.00000363. The zero-order chi connectivity index (χ0) is 22.2. The minimum absolute atomic E-state index is 0. The van der Waals surface area contributed by atoms with Gasteiger partial charge >= 0.3 is 0 Å². The first-order chi connectivity index (χ1) is 15.0. The third-order valence-corrected chi connectivity index (χ3v) is 5.50. The Morgan fingerprint density at radius 2 is 1.88 bits per heavy atom. The van der Waals surface area contributed by atoms with Gasteiger partial charge in [0, 0.05) is 31.8 Å². The average molecular weight is 552 g/mol. The first kappa shape index (κ1) is 25.8. The van der Waals surface area contributed by atoms with E-state index in [0.717, 1.165) is 36.3 Å². The van der Waals surface area contributed by atoms with Crippen LogP contribution in [0.1, 0.15) is 23.1 Å². The molecule has 1 unspecified atom stereocenters. The van der Waals surface area contributed by atoms with Crippen molar-refractivity contribution in [3.8, 4) is 11.5 Å². The van der Waals surface area contributed by atoms with Gasteiger partial charge < -0.3 is 25.0 Å². The number of aliphatic imine (C=N–C) groups is 1. The van der Waals surface area contributed by atoms with E-state index in [0.29, 0.717) is 12.5 Å². The van der Waals surface area contributed by atoms with Gasteiger partial charge in [-0.1, -0.05) is 24.3 Å². The maximum atomic E-state index is 12.1. The predicted molar refractivity (Wildman–Crippen MR) is 138 cm³/mol. The molecule has 0 fully saturated rings. The molecule has 2 aromatic carbocycles. The number of likely N-dealkylation sites (N-methyl/N-ethyl adjacent to an activating group) is 1. The lowest BCUT2D eigenvalue weighted by molar-refractivity contribution is -0.127. The van der Waals surface area contributed by atoms with E-state index in [1.807, 2.05) is 18.2 Å². The molecule has 32 heavy (non-hydrogen) atoms. The van der Waals surface area contributed by atoms with Crippen LogP contribution in [0.2, 0.25) is 0 Å². The van der Waals surface area contributed by atoms with Crippen LogP contribution in [0, 0.1) is 0 Å². The summed E-state index contributed by atoms with van der Waals surface area (Å²) < 4.78 is 10.8. The molecule has 0 heterocycles. The van der Waals surface area contributed by atoms with Crippen LogP contribution in [0.3, 0.4) is 0 Å². The van der Waals surface area contributed by atoms with Crippen molar-refractivity contribution in [1.82, 2.24) is 15.5 Å². The molecule has 0 radical (unpaired) electrons. The van der Waals surface area contributed by atoms with Gasteiger partial charge in [-0.15, -0.1) is 24.0 Å². The fraction of sp³-hybridized carbons (Fsp3) is 0.417. The summed E-state index contributed by atoms with van der Waals surface area (Å²) in [6.45, 7) is 0.601. The minimum Gasteiger partial charge on any atom is -0.497 e. The second kappa shape index (κ2) is 12.5. The normalized spacial score (nSPS) is 15.1. The summed E-state index contributed by atoms with van der Waals surface area (Å²) in [5, 5.41) is 6.71. The van der Waals surface area contributed by atoms with Crippen molar-refractivity contribution in [1.29, 1.82) is 0 Å². The molecule has 0 bridgehead atoms. The lowest BCUT2D eigenvalue weighted by Crippen LogP contribution is -2.48. The van der Waals surface area contributed by atoms with Gasteiger partial charge in [0.1, 0.15) is 11.5 Å². The van der Waals surface area contributed by atoms with Crippen molar-refractivity contribution >= 4 is 35.8 Å². The number of carbonyl (C=O) groups is 1. The summed E-state index contributed by atoms with van der Waals surface area (Å²) in [6, 6.07) is 14.5. The topological polar surface area (TPSA) is 75.2 Å². The van der Waals surface area contributed by atoms with Gasteiger partial charge in [0.05, 0.1) is 27.3 Å². The van der Waals surface area contributed by atoms with E-state index in [-0.39, 0.29) is 42.5 Å². The number of aryl methyl sites for hydroxylation is 1. The highest BCUT2D eigenvalue weighted by Crippen LogP contribution is 2.25. The van der Waals surface area contributed by atoms with Crippen LogP contribution in [0.4, 0.5) is 0 Å². The fourth-order valence-electron chi connectivity index (χ4n) is 3.63. The Bertz CT molecular complexity index is 933. The lowest BCUT2D eigenvalue weighted by atomic mass is 9.88. The van der Waals surface area contributed by atoms with Crippen molar-refractivity contribution in [2.45, 2.75) is 31.8 Å². The van der Waals surface area contributed by atoms with Crippen LogP contribution < -0.4 is 20.1 Å². The second-order valence-electron chi connectivity index (χ2n) is 7.84. The molecule has 1 amide bonds. The fourth-order valence-corrected chi connectivity index (χ4v) is 3.63. The number of nitrogens with zero attached hydrogens (tertiary/aromatic N) is 2. The maximum absolute atomic E-state index is 12.1. The zero-order valence-electron chi connectivity index (χ0n) is 19.2. The summed E-state index contributed by atoms with van der Waals surface area (Å²) in [5.41, 5.74) is 3.72. The molecule has 0 saturated heterocycles. The summed E-state index contributed by atoms with van der Waals surface area (Å²) >= 11 is 0. The number of amides is 1. The van der Waals surface area contributed by atoms with Gasteiger partial charge in [-0.2, -0.15) is 0 Å². The molecule has 0 aliphatic heterocycles. The molecule has 1 aliphatic carbocycles. The number of hydrogen-bond acceptors (Lipinski definition) is 4. The number of halogens is 1. The monoisotopic (exact) mass is 552 g/mol. The van der Waals surface area contributed by atoms with Crippen LogP contribution in [-0.4, -0.2) is 57.7 Å².